The lowest BCUT2D eigenvalue weighted by atomic mass is 9.78. The first-order valence-electron chi connectivity index (χ1n) is 9.49. The summed E-state index contributed by atoms with van der Waals surface area (Å²) >= 11 is 6.96. The molecule has 0 radical (unpaired) electrons. The first-order chi connectivity index (χ1) is 13.3. The minimum Gasteiger partial charge on any atom is -0.497 e. The second-order valence-electron chi connectivity index (χ2n) is 7.32. The van der Waals surface area contributed by atoms with Crippen LogP contribution < -0.4 is 9.47 Å². The summed E-state index contributed by atoms with van der Waals surface area (Å²) in [7, 11) is 3.34. The molecule has 0 saturated heterocycles. The molecule has 0 heterocycles. The van der Waals surface area contributed by atoms with Crippen molar-refractivity contribution in [3.05, 3.63) is 56.5 Å². The molecule has 3 rings (SSSR count). The van der Waals surface area contributed by atoms with Crippen molar-refractivity contribution in [3.63, 3.8) is 0 Å². The fourth-order valence-corrected chi connectivity index (χ4v) is 4.02. The van der Waals surface area contributed by atoms with Gasteiger partial charge in [-0.05, 0) is 79.6 Å². The molecule has 1 aliphatic carbocycles. The van der Waals surface area contributed by atoms with Crippen LogP contribution in [-0.4, -0.2) is 20.0 Å². The monoisotopic (exact) mass is 510 g/mol. The molecule has 2 aromatic carbocycles. The number of hydrogen-bond acceptors (Lipinski definition) is 3. The van der Waals surface area contributed by atoms with Gasteiger partial charge in [-0.15, -0.1) is 0 Å². The molecular weight excluding hydrogens is 484 g/mol. The summed E-state index contributed by atoms with van der Waals surface area (Å²) in [6, 6.07) is 11.8. The predicted molar refractivity (Wildman–Crippen MR) is 121 cm³/mol. The van der Waals surface area contributed by atoms with Gasteiger partial charge < -0.3 is 9.47 Å². The van der Waals surface area contributed by atoms with E-state index >= 15 is 0 Å². The van der Waals surface area contributed by atoms with E-state index in [1.807, 2.05) is 43.3 Å². The van der Waals surface area contributed by atoms with E-state index in [0.29, 0.717) is 11.7 Å². The number of aryl methyl sites for hydroxylation is 1. The van der Waals surface area contributed by atoms with Gasteiger partial charge in [0.05, 0.1) is 14.2 Å². The molecule has 1 saturated carbocycles. The molecule has 2 unspecified atom stereocenters. The molecule has 0 spiro atoms. The predicted octanol–water partition coefficient (Wildman–Crippen LogP) is 6.77. The highest BCUT2D eigenvalue weighted by Gasteiger charge is 2.27. The topological polar surface area (TPSA) is 35.5 Å². The summed E-state index contributed by atoms with van der Waals surface area (Å²) < 4.78 is 12.5. The number of carbonyl (C=O) groups is 1. The third-order valence-corrected chi connectivity index (χ3v) is 6.77. The van der Waals surface area contributed by atoms with Crippen LogP contribution in [-0.2, 0) is 11.2 Å². The maximum absolute atomic E-state index is 12.0. The zero-order valence-corrected chi connectivity index (χ0v) is 20.1. The maximum Gasteiger partial charge on any atom is 0.136 e. The van der Waals surface area contributed by atoms with Crippen LogP contribution in [0.1, 0.15) is 37.3 Å². The largest absolute Gasteiger partial charge is 0.497 e. The van der Waals surface area contributed by atoms with Gasteiger partial charge in [-0.2, -0.15) is 0 Å². The Morgan fingerprint density at radius 3 is 2.21 bits per heavy atom. The summed E-state index contributed by atoms with van der Waals surface area (Å²) in [6.45, 7) is 4.27. The van der Waals surface area contributed by atoms with Crippen LogP contribution in [0.2, 0.25) is 0 Å². The van der Waals surface area contributed by atoms with E-state index in [1.165, 1.54) is 11.1 Å². The van der Waals surface area contributed by atoms with Crippen LogP contribution >= 0.6 is 31.9 Å². The van der Waals surface area contributed by atoms with Crippen molar-refractivity contribution < 1.29 is 14.3 Å². The molecule has 152 valence electrons. The number of ether oxygens (including phenoxy) is 2. The zero-order chi connectivity index (χ0) is 20.7. The van der Waals surface area contributed by atoms with E-state index in [-0.39, 0.29) is 5.92 Å². The molecule has 28 heavy (non-hydrogen) atoms. The second-order valence-corrected chi connectivity index (χ2v) is 9.03. The van der Waals surface area contributed by atoms with Gasteiger partial charge in [0.25, 0.3) is 0 Å². The fourth-order valence-electron chi connectivity index (χ4n) is 3.37. The molecular formula is C23H28Br2O3. The summed E-state index contributed by atoms with van der Waals surface area (Å²) in [6.07, 6.45) is 3.63. The lowest BCUT2D eigenvalue weighted by molar-refractivity contribution is -0.125. The summed E-state index contributed by atoms with van der Waals surface area (Å²) in [4.78, 5) is 12.0. The number of methoxy groups -OCH3 is 2. The Labute approximate surface area is 185 Å². The van der Waals surface area contributed by atoms with Crippen molar-refractivity contribution in [1.29, 1.82) is 0 Å². The number of ketones is 1. The molecule has 0 N–H and O–H groups in total. The molecule has 2 aromatic rings. The normalized spacial score (nSPS) is 18.9. The van der Waals surface area contributed by atoms with Gasteiger partial charge in [0, 0.05) is 21.3 Å². The highest BCUT2D eigenvalue weighted by Crippen LogP contribution is 2.32. The number of benzene rings is 2. The van der Waals surface area contributed by atoms with Crippen molar-refractivity contribution in [2.24, 2.45) is 11.8 Å². The Kier molecular flexibility index (Phi) is 9.03. The summed E-state index contributed by atoms with van der Waals surface area (Å²) in [5, 5.41) is 0. The van der Waals surface area contributed by atoms with Crippen LogP contribution in [0.15, 0.2) is 45.3 Å². The van der Waals surface area contributed by atoms with Gasteiger partial charge in [0.1, 0.15) is 17.3 Å². The molecule has 0 bridgehead atoms. The van der Waals surface area contributed by atoms with E-state index in [4.69, 9.17) is 9.47 Å². The minimum absolute atomic E-state index is 0.178. The summed E-state index contributed by atoms with van der Waals surface area (Å²) in [5.41, 5.74) is 2.36. The van der Waals surface area contributed by atoms with Crippen molar-refractivity contribution >= 4 is 37.6 Å². The molecule has 5 heteroatoms. The molecule has 0 amide bonds. The van der Waals surface area contributed by atoms with E-state index in [9.17, 15) is 4.79 Å². The fraction of sp³-hybridized carbons (Fsp3) is 0.435. The van der Waals surface area contributed by atoms with E-state index in [1.54, 1.807) is 14.2 Å². The van der Waals surface area contributed by atoms with Gasteiger partial charge in [0.15, 0.2) is 0 Å². The average Bonchev–Trinajstić information content (AvgIpc) is 2.69. The number of carbonyl (C=O) groups excluding carboxylic acids is 1. The number of rotatable bonds is 4. The Morgan fingerprint density at radius 1 is 1.00 bits per heavy atom. The van der Waals surface area contributed by atoms with Gasteiger partial charge in [-0.1, -0.05) is 38.8 Å². The lowest BCUT2D eigenvalue weighted by Gasteiger charge is -2.26. The van der Waals surface area contributed by atoms with Crippen molar-refractivity contribution in [3.8, 4) is 11.5 Å². The highest BCUT2D eigenvalue weighted by molar-refractivity contribution is 9.10. The molecule has 0 aliphatic heterocycles. The zero-order valence-electron chi connectivity index (χ0n) is 16.9. The molecule has 1 aliphatic rings. The molecule has 2 atom stereocenters. The quantitative estimate of drug-likeness (QED) is 0.454. The third-order valence-electron chi connectivity index (χ3n) is 5.11. The molecule has 3 nitrogen and oxygen atoms in total. The van der Waals surface area contributed by atoms with Gasteiger partial charge in [-0.3, -0.25) is 4.79 Å². The van der Waals surface area contributed by atoms with Crippen LogP contribution in [0.5, 0.6) is 11.5 Å². The standard InChI is InChI=1S/C15H19BrO2.C8H9BrO/c1-10-3-6-15(17)12(7-10)8-11-9-13(18-2)4-5-14(11)16;1-6-5-7(10-2)3-4-8(6)9/h4-5,9-10,12H,3,6-8H2,1-2H3;3-5H,1-2H3. The van der Waals surface area contributed by atoms with Crippen LogP contribution in [0, 0.1) is 18.8 Å². The Hall–Kier alpha value is -1.33. The van der Waals surface area contributed by atoms with Crippen molar-refractivity contribution in [2.45, 2.75) is 39.5 Å². The average molecular weight is 512 g/mol. The van der Waals surface area contributed by atoms with Crippen molar-refractivity contribution in [2.75, 3.05) is 14.2 Å². The number of halogens is 2. The Bertz CT molecular complexity index is 804. The van der Waals surface area contributed by atoms with Crippen LogP contribution in [0.4, 0.5) is 0 Å². The smallest absolute Gasteiger partial charge is 0.136 e. The van der Waals surface area contributed by atoms with E-state index in [0.717, 1.165) is 46.1 Å². The van der Waals surface area contributed by atoms with Gasteiger partial charge in [0.2, 0.25) is 0 Å². The van der Waals surface area contributed by atoms with E-state index < -0.39 is 0 Å². The first-order valence-corrected chi connectivity index (χ1v) is 11.1. The third kappa shape index (κ3) is 6.63. The minimum atomic E-state index is 0.178. The number of Topliss-reactive ketones (excluding diaryl/α,β-unsaturated/α-hetero) is 1. The summed E-state index contributed by atoms with van der Waals surface area (Å²) in [5.74, 6) is 3.02. The van der Waals surface area contributed by atoms with E-state index in [2.05, 4.69) is 38.8 Å². The Morgan fingerprint density at radius 2 is 1.61 bits per heavy atom. The number of hydrogen-bond donors (Lipinski definition) is 0. The first kappa shape index (κ1) is 23.0. The molecule has 0 aromatic heterocycles. The van der Waals surface area contributed by atoms with Gasteiger partial charge >= 0.3 is 0 Å². The van der Waals surface area contributed by atoms with Crippen LogP contribution in [0.25, 0.3) is 0 Å². The SMILES string of the molecule is COc1ccc(Br)c(C)c1.COc1ccc(Br)c(CC2CC(C)CCC2=O)c1. The Balaban J connectivity index is 0.000000237. The maximum atomic E-state index is 12.0. The van der Waals surface area contributed by atoms with Crippen LogP contribution in [0.3, 0.4) is 0 Å². The van der Waals surface area contributed by atoms with Crippen molar-refractivity contribution in [1.82, 2.24) is 0 Å². The highest BCUT2D eigenvalue weighted by atomic mass is 79.9. The molecule has 1 fully saturated rings. The lowest BCUT2D eigenvalue weighted by Crippen LogP contribution is -2.25. The second kappa shape index (κ2) is 11.0. The van der Waals surface area contributed by atoms with Gasteiger partial charge in [-0.25, -0.2) is 0 Å².